The number of aryl methyl sites for hydroxylation is 1. The van der Waals surface area contributed by atoms with Crippen molar-refractivity contribution in [1.29, 1.82) is 0 Å². The van der Waals surface area contributed by atoms with Gasteiger partial charge in [-0.3, -0.25) is 0 Å². The smallest absolute Gasteiger partial charge is 0.0443 e. The molecule has 0 saturated carbocycles. The quantitative estimate of drug-likeness (QED) is 0.736. The molecule has 0 aromatic heterocycles. The Hall–Kier alpha value is -0.570. The lowest BCUT2D eigenvalue weighted by molar-refractivity contribution is 0.286. The first-order chi connectivity index (χ1) is 6.33. The molecule has 0 aliphatic carbocycles. The molecule has 1 aromatic rings. The second-order valence-corrected chi connectivity index (χ2v) is 3.24. The minimum atomic E-state index is 0. The summed E-state index contributed by atoms with van der Waals surface area (Å²) in [6.07, 6.45) is 0.825. The highest BCUT2D eigenvalue weighted by Crippen LogP contribution is 2.02. The van der Waals surface area contributed by atoms with Crippen LogP contribution in [0.25, 0.3) is 0 Å². The first kappa shape index (κ1) is 13.4. The van der Waals surface area contributed by atoms with Crippen LogP contribution in [-0.2, 0) is 6.54 Å². The summed E-state index contributed by atoms with van der Waals surface area (Å²) < 4.78 is 0. The van der Waals surface area contributed by atoms with Gasteiger partial charge < -0.3 is 10.4 Å². The van der Waals surface area contributed by atoms with Gasteiger partial charge in [-0.1, -0.05) is 29.8 Å². The van der Waals surface area contributed by atoms with E-state index in [-0.39, 0.29) is 19.0 Å². The molecule has 0 radical (unpaired) electrons. The molecule has 80 valence electrons. The monoisotopic (exact) mass is 215 g/mol. The van der Waals surface area contributed by atoms with E-state index < -0.39 is 0 Å². The molecule has 0 bridgehead atoms. The van der Waals surface area contributed by atoms with Crippen LogP contribution in [0.4, 0.5) is 0 Å². The van der Waals surface area contributed by atoms with Crippen LogP contribution in [0, 0.1) is 6.92 Å². The molecule has 2 nitrogen and oxygen atoms in total. The highest BCUT2D eigenvalue weighted by Gasteiger charge is 1.91. The zero-order chi connectivity index (χ0) is 9.52. The van der Waals surface area contributed by atoms with E-state index in [4.69, 9.17) is 5.11 Å². The summed E-state index contributed by atoms with van der Waals surface area (Å²) in [6.45, 7) is 4.12. The number of aliphatic hydroxyl groups excluding tert-OH is 1. The maximum absolute atomic E-state index is 8.56. The van der Waals surface area contributed by atoms with Crippen LogP contribution in [0.2, 0.25) is 0 Å². The van der Waals surface area contributed by atoms with Crippen molar-refractivity contribution in [1.82, 2.24) is 5.32 Å². The van der Waals surface area contributed by atoms with Gasteiger partial charge >= 0.3 is 0 Å². The van der Waals surface area contributed by atoms with Crippen LogP contribution >= 0.6 is 12.4 Å². The molecular formula is C11H18ClNO. The molecule has 0 aliphatic rings. The van der Waals surface area contributed by atoms with Gasteiger partial charge in [-0.15, -0.1) is 12.4 Å². The lowest BCUT2D eigenvalue weighted by Crippen LogP contribution is -2.15. The Labute approximate surface area is 91.8 Å². The van der Waals surface area contributed by atoms with Crippen molar-refractivity contribution in [3.63, 3.8) is 0 Å². The summed E-state index contributed by atoms with van der Waals surface area (Å²) >= 11 is 0. The highest BCUT2D eigenvalue weighted by atomic mass is 35.5. The van der Waals surface area contributed by atoms with Gasteiger partial charge in [-0.05, 0) is 25.5 Å². The Bertz CT molecular complexity index is 236. The van der Waals surface area contributed by atoms with Gasteiger partial charge in [0.25, 0.3) is 0 Å². The predicted octanol–water partition coefficient (Wildman–Crippen LogP) is 1.89. The summed E-state index contributed by atoms with van der Waals surface area (Å²) in [5, 5.41) is 11.8. The van der Waals surface area contributed by atoms with Crippen molar-refractivity contribution in [2.45, 2.75) is 19.9 Å². The van der Waals surface area contributed by atoms with E-state index in [2.05, 4.69) is 36.5 Å². The van der Waals surface area contributed by atoms with Gasteiger partial charge in [0, 0.05) is 13.2 Å². The lowest BCUT2D eigenvalue weighted by atomic mass is 10.1. The van der Waals surface area contributed by atoms with Gasteiger partial charge in [0.1, 0.15) is 0 Å². The van der Waals surface area contributed by atoms with E-state index in [9.17, 15) is 0 Å². The maximum Gasteiger partial charge on any atom is 0.0443 e. The van der Waals surface area contributed by atoms with Crippen LogP contribution in [-0.4, -0.2) is 18.3 Å². The average molecular weight is 216 g/mol. The molecule has 0 atom stereocenters. The van der Waals surface area contributed by atoms with E-state index in [0.717, 1.165) is 19.5 Å². The maximum atomic E-state index is 8.56. The molecule has 1 aromatic carbocycles. The standard InChI is InChI=1S/C11H17NO.ClH/c1-10-3-5-11(6-4-10)9-12-7-2-8-13;/h3-6,12-13H,2,7-9H2,1H3;1H. The van der Waals surface area contributed by atoms with Gasteiger partial charge in [0.05, 0.1) is 0 Å². The normalized spacial score (nSPS) is 9.57. The third-order valence-corrected chi connectivity index (χ3v) is 1.96. The number of aliphatic hydroxyl groups is 1. The number of hydrogen-bond donors (Lipinski definition) is 2. The van der Waals surface area contributed by atoms with Crippen LogP contribution < -0.4 is 5.32 Å². The van der Waals surface area contributed by atoms with Gasteiger partial charge in [-0.25, -0.2) is 0 Å². The first-order valence-corrected chi connectivity index (χ1v) is 4.70. The van der Waals surface area contributed by atoms with E-state index in [1.807, 2.05) is 0 Å². The summed E-state index contributed by atoms with van der Waals surface area (Å²) in [5.74, 6) is 0. The second-order valence-electron chi connectivity index (χ2n) is 3.24. The van der Waals surface area contributed by atoms with Crippen molar-refractivity contribution < 1.29 is 5.11 Å². The van der Waals surface area contributed by atoms with Gasteiger partial charge in [0.2, 0.25) is 0 Å². The van der Waals surface area contributed by atoms with Crippen LogP contribution in [0.1, 0.15) is 17.5 Å². The summed E-state index contributed by atoms with van der Waals surface area (Å²) in [7, 11) is 0. The summed E-state index contributed by atoms with van der Waals surface area (Å²) in [5.41, 5.74) is 2.59. The number of nitrogens with one attached hydrogen (secondary N) is 1. The zero-order valence-corrected chi connectivity index (χ0v) is 9.31. The predicted molar refractivity (Wildman–Crippen MR) is 61.8 cm³/mol. The highest BCUT2D eigenvalue weighted by molar-refractivity contribution is 5.85. The van der Waals surface area contributed by atoms with Crippen LogP contribution in [0.5, 0.6) is 0 Å². The van der Waals surface area contributed by atoms with Crippen LogP contribution in [0.3, 0.4) is 0 Å². The molecule has 14 heavy (non-hydrogen) atoms. The van der Waals surface area contributed by atoms with E-state index >= 15 is 0 Å². The molecule has 0 amide bonds. The van der Waals surface area contributed by atoms with Crippen molar-refractivity contribution in [2.75, 3.05) is 13.2 Å². The number of rotatable bonds is 5. The largest absolute Gasteiger partial charge is 0.396 e. The molecule has 0 spiro atoms. The number of halogens is 1. The molecule has 1 rings (SSSR count). The third kappa shape index (κ3) is 5.22. The Kier molecular flexibility index (Phi) is 7.48. The summed E-state index contributed by atoms with van der Waals surface area (Å²) in [4.78, 5) is 0. The van der Waals surface area contributed by atoms with Crippen molar-refractivity contribution in [3.8, 4) is 0 Å². The zero-order valence-electron chi connectivity index (χ0n) is 8.49. The second kappa shape index (κ2) is 7.80. The van der Waals surface area contributed by atoms with Crippen molar-refractivity contribution in [3.05, 3.63) is 35.4 Å². The fourth-order valence-electron chi connectivity index (χ4n) is 1.14. The number of benzene rings is 1. The average Bonchev–Trinajstić information content (AvgIpc) is 2.15. The van der Waals surface area contributed by atoms with E-state index in [1.54, 1.807) is 0 Å². The lowest BCUT2D eigenvalue weighted by Gasteiger charge is -2.03. The third-order valence-electron chi connectivity index (χ3n) is 1.96. The molecular weight excluding hydrogens is 198 g/mol. The SMILES string of the molecule is Cc1ccc(CNCCCO)cc1.Cl. The Balaban J connectivity index is 0.00000169. The molecule has 0 saturated heterocycles. The Morgan fingerprint density at radius 3 is 2.43 bits per heavy atom. The van der Waals surface area contributed by atoms with E-state index in [1.165, 1.54) is 11.1 Å². The molecule has 0 heterocycles. The van der Waals surface area contributed by atoms with Crippen molar-refractivity contribution in [2.24, 2.45) is 0 Å². The molecule has 0 aliphatic heterocycles. The minimum Gasteiger partial charge on any atom is -0.396 e. The molecule has 2 N–H and O–H groups in total. The minimum absolute atomic E-state index is 0. The molecule has 0 fully saturated rings. The van der Waals surface area contributed by atoms with Crippen LogP contribution in [0.15, 0.2) is 24.3 Å². The Morgan fingerprint density at radius 2 is 1.86 bits per heavy atom. The van der Waals surface area contributed by atoms with Gasteiger partial charge in [0.15, 0.2) is 0 Å². The number of hydrogen-bond acceptors (Lipinski definition) is 2. The summed E-state index contributed by atoms with van der Waals surface area (Å²) in [6, 6.07) is 8.48. The fourth-order valence-corrected chi connectivity index (χ4v) is 1.14. The molecule has 3 heteroatoms. The fraction of sp³-hybridized carbons (Fsp3) is 0.455. The topological polar surface area (TPSA) is 32.3 Å². The van der Waals surface area contributed by atoms with Crippen molar-refractivity contribution >= 4 is 12.4 Å². The Morgan fingerprint density at radius 1 is 1.21 bits per heavy atom. The van der Waals surface area contributed by atoms with E-state index in [0.29, 0.717) is 0 Å². The first-order valence-electron chi connectivity index (χ1n) is 4.70. The molecule has 0 unspecified atom stereocenters. The van der Waals surface area contributed by atoms with Gasteiger partial charge in [-0.2, -0.15) is 0 Å².